The first-order valence-electron chi connectivity index (χ1n) is 15.7. The lowest BCUT2D eigenvalue weighted by atomic mass is 9.96. The molecule has 2 aliphatic rings. The molecule has 1 saturated heterocycles. The van der Waals surface area contributed by atoms with E-state index in [1.54, 1.807) is 0 Å². The van der Waals surface area contributed by atoms with Crippen molar-refractivity contribution in [2.24, 2.45) is 0 Å². The van der Waals surface area contributed by atoms with Crippen molar-refractivity contribution in [3.05, 3.63) is 123 Å². The van der Waals surface area contributed by atoms with Crippen LogP contribution in [-0.4, -0.2) is 61.2 Å². The zero-order valence-electron chi connectivity index (χ0n) is 24.8. The molecule has 1 aliphatic heterocycles. The molecule has 8 nitrogen and oxygen atoms in total. The van der Waals surface area contributed by atoms with Crippen molar-refractivity contribution in [2.45, 2.75) is 57.2 Å². The van der Waals surface area contributed by atoms with Gasteiger partial charge < -0.3 is 4.98 Å². The van der Waals surface area contributed by atoms with Crippen LogP contribution in [0.5, 0.6) is 0 Å². The summed E-state index contributed by atoms with van der Waals surface area (Å²) in [4.78, 5) is 21.9. The topological polar surface area (TPSA) is 82.9 Å². The van der Waals surface area contributed by atoms with E-state index in [1.807, 2.05) is 10.7 Å². The van der Waals surface area contributed by atoms with E-state index in [2.05, 4.69) is 116 Å². The molecule has 1 atom stereocenters. The Labute approximate surface area is 252 Å². The summed E-state index contributed by atoms with van der Waals surface area (Å²) in [7, 11) is 0. The fraction of sp³-hybridized carbons (Fsp3) is 0.371. The summed E-state index contributed by atoms with van der Waals surface area (Å²) in [5, 5.41) is 14.3. The van der Waals surface area contributed by atoms with Gasteiger partial charge in [0.2, 0.25) is 0 Å². The number of H-pyrrole nitrogens is 1. The molecule has 43 heavy (non-hydrogen) atoms. The van der Waals surface area contributed by atoms with Gasteiger partial charge in [0.1, 0.15) is 6.04 Å². The zero-order chi connectivity index (χ0) is 29.2. The maximum absolute atomic E-state index is 13.8. The average Bonchev–Trinajstić information content (AvgIpc) is 3.76. The van der Waals surface area contributed by atoms with Crippen LogP contribution in [0.25, 0.3) is 10.9 Å². The molecule has 2 fully saturated rings. The Hall–Kier alpha value is -4.14. The van der Waals surface area contributed by atoms with Gasteiger partial charge in [-0.3, -0.25) is 14.6 Å². The van der Waals surface area contributed by atoms with Crippen LogP contribution in [0, 0.1) is 0 Å². The molecule has 8 heteroatoms. The Bertz CT molecular complexity index is 1680. The average molecular weight is 574 g/mol. The molecule has 0 amide bonds. The van der Waals surface area contributed by atoms with Gasteiger partial charge in [-0.15, -0.1) is 5.10 Å². The molecule has 220 valence electrons. The number of aryl methyl sites for hydroxylation is 1. The van der Waals surface area contributed by atoms with Gasteiger partial charge in [-0.25, -0.2) is 4.68 Å². The van der Waals surface area contributed by atoms with Crippen molar-refractivity contribution in [1.82, 2.24) is 35.0 Å². The third kappa shape index (κ3) is 5.53. The minimum absolute atomic E-state index is 0.0726. The number of piperazine rings is 1. The molecule has 1 unspecified atom stereocenters. The van der Waals surface area contributed by atoms with Gasteiger partial charge in [0, 0.05) is 37.3 Å². The summed E-state index contributed by atoms with van der Waals surface area (Å²) in [6.45, 7) is 5.47. The fourth-order valence-corrected chi connectivity index (χ4v) is 7.12. The predicted octanol–water partition coefficient (Wildman–Crippen LogP) is 5.69. The normalized spacial score (nSPS) is 17.6. The first-order valence-corrected chi connectivity index (χ1v) is 15.7. The van der Waals surface area contributed by atoms with Gasteiger partial charge in [-0.1, -0.05) is 86.5 Å². The van der Waals surface area contributed by atoms with Gasteiger partial charge in [0.05, 0.1) is 12.1 Å². The van der Waals surface area contributed by atoms with Gasteiger partial charge in [-0.05, 0) is 70.0 Å². The van der Waals surface area contributed by atoms with Crippen molar-refractivity contribution in [2.75, 3.05) is 26.2 Å². The molecule has 5 aromatic rings. The zero-order valence-corrected chi connectivity index (χ0v) is 24.8. The number of fused-ring (bicyclic) bond motifs is 1. The molecule has 0 bridgehead atoms. The Morgan fingerprint density at radius 1 is 0.814 bits per heavy atom. The number of aromatic amines is 1. The molecule has 1 N–H and O–H groups in total. The second kappa shape index (κ2) is 12.2. The van der Waals surface area contributed by atoms with Crippen LogP contribution in [0.15, 0.2) is 89.7 Å². The Kier molecular flexibility index (Phi) is 7.87. The molecule has 1 aliphatic carbocycles. The summed E-state index contributed by atoms with van der Waals surface area (Å²) in [5.74, 6) is 0.777. The number of rotatable bonds is 8. The maximum atomic E-state index is 13.8. The van der Waals surface area contributed by atoms with Crippen molar-refractivity contribution < 1.29 is 0 Å². The lowest BCUT2D eigenvalue weighted by Crippen LogP contribution is -2.50. The Morgan fingerprint density at radius 2 is 1.44 bits per heavy atom. The fourth-order valence-electron chi connectivity index (χ4n) is 7.12. The summed E-state index contributed by atoms with van der Waals surface area (Å²) < 4.78 is 2.02. The van der Waals surface area contributed by atoms with Crippen LogP contribution in [0.4, 0.5) is 0 Å². The first-order chi connectivity index (χ1) is 21.2. The number of tetrazole rings is 1. The SMILES string of the molecule is CCc1ccc2[nH]c(=O)c(C(c3nnnn3C3CCCC3)N3CCN(C(c4ccccc4)c4ccccc4)CC3)cc2c1. The lowest BCUT2D eigenvalue weighted by molar-refractivity contribution is 0.0850. The number of nitrogens with zero attached hydrogens (tertiary/aromatic N) is 6. The molecule has 0 radical (unpaired) electrons. The number of pyridine rings is 1. The van der Waals surface area contributed by atoms with Crippen molar-refractivity contribution in [3.8, 4) is 0 Å². The molecule has 3 heterocycles. The van der Waals surface area contributed by atoms with E-state index < -0.39 is 0 Å². The van der Waals surface area contributed by atoms with Crippen LogP contribution in [0.1, 0.15) is 78.8 Å². The van der Waals surface area contributed by atoms with Crippen LogP contribution in [0.3, 0.4) is 0 Å². The van der Waals surface area contributed by atoms with Gasteiger partial charge in [0.25, 0.3) is 5.56 Å². The quantitative estimate of drug-likeness (QED) is 0.257. The molecule has 1 saturated carbocycles. The molecule has 3 aromatic carbocycles. The van der Waals surface area contributed by atoms with E-state index in [1.165, 1.54) is 29.5 Å². The largest absolute Gasteiger partial charge is 0.322 e. The highest BCUT2D eigenvalue weighted by atomic mass is 16.1. The highest BCUT2D eigenvalue weighted by Crippen LogP contribution is 2.36. The summed E-state index contributed by atoms with van der Waals surface area (Å²) in [5.41, 5.74) is 5.34. The monoisotopic (exact) mass is 573 g/mol. The lowest BCUT2D eigenvalue weighted by Gasteiger charge is -2.42. The minimum Gasteiger partial charge on any atom is -0.322 e. The van der Waals surface area contributed by atoms with Gasteiger partial charge in [0.15, 0.2) is 5.82 Å². The molecular weight excluding hydrogens is 534 g/mol. The Balaban J connectivity index is 1.25. The molecule has 2 aromatic heterocycles. The third-order valence-electron chi connectivity index (χ3n) is 9.38. The Morgan fingerprint density at radius 3 is 2.07 bits per heavy atom. The second-order valence-corrected chi connectivity index (χ2v) is 11.9. The number of hydrogen-bond donors (Lipinski definition) is 1. The van der Waals surface area contributed by atoms with E-state index >= 15 is 0 Å². The highest BCUT2D eigenvalue weighted by molar-refractivity contribution is 5.80. The second-order valence-electron chi connectivity index (χ2n) is 11.9. The molecular formula is C35H39N7O. The predicted molar refractivity (Wildman–Crippen MR) is 169 cm³/mol. The smallest absolute Gasteiger partial charge is 0.253 e. The van der Waals surface area contributed by atoms with E-state index in [-0.39, 0.29) is 23.7 Å². The van der Waals surface area contributed by atoms with E-state index in [9.17, 15) is 4.79 Å². The van der Waals surface area contributed by atoms with Crippen molar-refractivity contribution in [1.29, 1.82) is 0 Å². The third-order valence-corrected chi connectivity index (χ3v) is 9.38. The summed E-state index contributed by atoms with van der Waals surface area (Å²) >= 11 is 0. The molecule has 0 spiro atoms. The van der Waals surface area contributed by atoms with Gasteiger partial charge >= 0.3 is 0 Å². The first kappa shape index (κ1) is 27.7. The van der Waals surface area contributed by atoms with Gasteiger partial charge in [-0.2, -0.15) is 0 Å². The number of nitrogens with one attached hydrogen (secondary N) is 1. The maximum Gasteiger partial charge on any atom is 0.253 e. The van der Waals surface area contributed by atoms with Crippen molar-refractivity contribution in [3.63, 3.8) is 0 Å². The number of aromatic nitrogens is 5. The standard InChI is InChI=1S/C35H39N7O/c1-2-25-17-18-31-28(23-25)24-30(35(43)36-31)33(34-37-38-39-42(34)29-15-9-10-16-29)41-21-19-40(20-22-41)32(26-11-5-3-6-12-26)27-13-7-4-8-14-27/h3-8,11-14,17-18,23-24,29,32-33H,2,9-10,15-16,19-22H2,1H3,(H,36,43). The highest BCUT2D eigenvalue weighted by Gasteiger charge is 2.36. The van der Waals surface area contributed by atoms with Crippen molar-refractivity contribution >= 4 is 10.9 Å². The summed E-state index contributed by atoms with van der Waals surface area (Å²) in [6, 6.07) is 30.0. The van der Waals surface area contributed by atoms with Crippen LogP contribution in [0.2, 0.25) is 0 Å². The van der Waals surface area contributed by atoms with E-state index in [0.717, 1.165) is 62.2 Å². The minimum atomic E-state index is -0.330. The van der Waals surface area contributed by atoms with E-state index in [0.29, 0.717) is 5.56 Å². The number of hydrogen-bond acceptors (Lipinski definition) is 6. The number of benzene rings is 3. The van der Waals surface area contributed by atoms with Crippen LogP contribution < -0.4 is 5.56 Å². The van der Waals surface area contributed by atoms with E-state index in [4.69, 9.17) is 0 Å². The van der Waals surface area contributed by atoms with Crippen LogP contribution in [-0.2, 0) is 6.42 Å². The summed E-state index contributed by atoms with van der Waals surface area (Å²) in [6.07, 6.45) is 5.46. The molecule has 7 rings (SSSR count). The van der Waals surface area contributed by atoms with Crippen LogP contribution >= 0.6 is 0 Å².